The molecule has 4 nitrogen and oxygen atoms in total. The Kier molecular flexibility index (Phi) is 4.53. The number of piperidine rings is 3. The number of carbonyl (C=O) groups is 1. The number of benzene rings is 1. The van der Waals surface area contributed by atoms with Gasteiger partial charge >= 0.3 is 0 Å². The van der Waals surface area contributed by atoms with Gasteiger partial charge in [-0.25, -0.2) is 9.37 Å². The highest BCUT2D eigenvalue weighted by atomic mass is 19.1. The summed E-state index contributed by atoms with van der Waals surface area (Å²) in [6.45, 7) is 1.87. The highest BCUT2D eigenvalue weighted by Crippen LogP contribution is 2.43. The average molecular weight is 379 g/mol. The number of anilines is 1. The van der Waals surface area contributed by atoms with E-state index in [9.17, 15) is 9.18 Å². The first-order valence-electron chi connectivity index (χ1n) is 10.4. The normalized spacial score (nSPS) is 29.5. The van der Waals surface area contributed by atoms with Gasteiger partial charge in [-0.3, -0.25) is 4.79 Å². The summed E-state index contributed by atoms with van der Waals surface area (Å²) in [5.74, 6) is 2.00. The molecule has 3 aliphatic rings. The summed E-state index contributed by atoms with van der Waals surface area (Å²) in [6, 6.07) is 13.4. The Balaban J connectivity index is 1.47. The van der Waals surface area contributed by atoms with Gasteiger partial charge in [0.1, 0.15) is 11.6 Å². The van der Waals surface area contributed by atoms with E-state index in [2.05, 4.69) is 20.9 Å². The molecule has 3 fully saturated rings. The van der Waals surface area contributed by atoms with E-state index in [1.807, 2.05) is 24.4 Å². The second-order valence-electron chi connectivity index (χ2n) is 8.51. The van der Waals surface area contributed by atoms with Crippen molar-refractivity contribution in [2.75, 3.05) is 18.0 Å². The summed E-state index contributed by atoms with van der Waals surface area (Å²) < 4.78 is 13.8. The van der Waals surface area contributed by atoms with Crippen molar-refractivity contribution >= 4 is 11.7 Å². The number of amides is 1. The van der Waals surface area contributed by atoms with Crippen LogP contribution >= 0.6 is 0 Å². The maximum atomic E-state index is 13.8. The van der Waals surface area contributed by atoms with Gasteiger partial charge in [0, 0.05) is 37.8 Å². The van der Waals surface area contributed by atoms with Crippen LogP contribution in [0.4, 0.5) is 10.2 Å². The molecular weight excluding hydrogens is 353 g/mol. The SMILES string of the molecule is O=C1CCC[C@H]2[C@@H]3C[C@@H](CN(c4ccccn4)C3)[C@H](Cc3cccc(F)c3)N12. The van der Waals surface area contributed by atoms with Crippen molar-refractivity contribution in [3.8, 4) is 0 Å². The van der Waals surface area contributed by atoms with E-state index < -0.39 is 0 Å². The lowest BCUT2D eigenvalue weighted by molar-refractivity contribution is -0.148. The molecule has 1 amide bonds. The van der Waals surface area contributed by atoms with Crippen molar-refractivity contribution in [1.82, 2.24) is 9.88 Å². The molecule has 1 aromatic heterocycles. The lowest BCUT2D eigenvalue weighted by atomic mass is 9.71. The van der Waals surface area contributed by atoms with Gasteiger partial charge in [0.25, 0.3) is 0 Å². The highest BCUT2D eigenvalue weighted by Gasteiger charge is 2.49. The minimum absolute atomic E-state index is 0.141. The molecule has 0 N–H and O–H groups in total. The topological polar surface area (TPSA) is 36.4 Å². The number of aromatic nitrogens is 1. The molecule has 2 bridgehead atoms. The van der Waals surface area contributed by atoms with Crippen molar-refractivity contribution < 1.29 is 9.18 Å². The van der Waals surface area contributed by atoms with Gasteiger partial charge in [-0.2, -0.15) is 0 Å². The van der Waals surface area contributed by atoms with Gasteiger partial charge < -0.3 is 9.80 Å². The number of nitrogens with zero attached hydrogens (tertiary/aromatic N) is 3. The van der Waals surface area contributed by atoms with E-state index in [1.54, 1.807) is 12.1 Å². The van der Waals surface area contributed by atoms with Gasteiger partial charge in [-0.05, 0) is 67.3 Å². The number of fused-ring (bicyclic) bond motifs is 4. The molecule has 0 saturated carbocycles. The predicted molar refractivity (Wildman–Crippen MR) is 106 cm³/mol. The molecule has 0 unspecified atom stereocenters. The van der Waals surface area contributed by atoms with Gasteiger partial charge in [-0.15, -0.1) is 0 Å². The Morgan fingerprint density at radius 2 is 2.00 bits per heavy atom. The van der Waals surface area contributed by atoms with E-state index in [4.69, 9.17) is 0 Å². The third-order valence-electron chi connectivity index (χ3n) is 6.80. The molecule has 3 saturated heterocycles. The third kappa shape index (κ3) is 3.17. The van der Waals surface area contributed by atoms with Gasteiger partial charge in [0.05, 0.1) is 0 Å². The van der Waals surface area contributed by atoms with Crippen LogP contribution in [-0.4, -0.2) is 41.0 Å². The zero-order valence-electron chi connectivity index (χ0n) is 16.0. The minimum Gasteiger partial charge on any atom is -0.356 e. The van der Waals surface area contributed by atoms with Gasteiger partial charge in [0.2, 0.25) is 5.91 Å². The highest BCUT2D eigenvalue weighted by molar-refractivity contribution is 5.78. The predicted octanol–water partition coefficient (Wildman–Crippen LogP) is 3.67. The maximum absolute atomic E-state index is 13.8. The van der Waals surface area contributed by atoms with E-state index in [-0.39, 0.29) is 11.9 Å². The minimum atomic E-state index is -0.202. The summed E-state index contributed by atoms with van der Waals surface area (Å²) in [7, 11) is 0. The second kappa shape index (κ2) is 7.19. The number of halogens is 1. The van der Waals surface area contributed by atoms with Gasteiger partial charge in [-0.1, -0.05) is 18.2 Å². The molecule has 28 heavy (non-hydrogen) atoms. The monoisotopic (exact) mass is 379 g/mol. The molecule has 146 valence electrons. The Labute approximate surface area is 165 Å². The molecule has 5 rings (SSSR count). The van der Waals surface area contributed by atoms with Gasteiger partial charge in [0.15, 0.2) is 0 Å². The number of rotatable bonds is 3. The summed E-state index contributed by atoms with van der Waals surface area (Å²) >= 11 is 0. The maximum Gasteiger partial charge on any atom is 0.223 e. The molecular formula is C23H26FN3O. The zero-order chi connectivity index (χ0) is 19.1. The van der Waals surface area contributed by atoms with Crippen LogP contribution in [0.3, 0.4) is 0 Å². The van der Waals surface area contributed by atoms with Crippen molar-refractivity contribution in [3.63, 3.8) is 0 Å². The van der Waals surface area contributed by atoms with Crippen molar-refractivity contribution in [2.45, 2.75) is 44.2 Å². The first kappa shape index (κ1) is 17.7. The third-order valence-corrected chi connectivity index (χ3v) is 6.80. The average Bonchev–Trinajstić information content (AvgIpc) is 2.72. The fourth-order valence-corrected chi connectivity index (χ4v) is 5.67. The Bertz CT molecular complexity index is 858. The van der Waals surface area contributed by atoms with Crippen LogP contribution in [0, 0.1) is 17.7 Å². The number of hydrogen-bond acceptors (Lipinski definition) is 3. The lowest BCUT2D eigenvalue weighted by Gasteiger charge is -2.57. The Morgan fingerprint density at radius 3 is 2.82 bits per heavy atom. The van der Waals surface area contributed by atoms with E-state index in [0.717, 1.165) is 50.2 Å². The molecule has 0 spiro atoms. The van der Waals surface area contributed by atoms with E-state index >= 15 is 0 Å². The summed E-state index contributed by atoms with van der Waals surface area (Å²) in [6.07, 6.45) is 6.45. The molecule has 0 radical (unpaired) electrons. The van der Waals surface area contributed by atoms with Crippen LogP contribution in [0.1, 0.15) is 31.2 Å². The molecule has 5 heteroatoms. The standard InChI is InChI=1S/C23H26FN3O/c24-19-6-3-5-16(11-19)12-21-18-13-17(20-7-4-9-23(28)27(20)21)14-26(15-18)22-8-1-2-10-25-22/h1-3,5-6,8,10-11,17-18,20-21H,4,7,9,12-15H2/t17-,18+,20+,21+/m1/s1. The summed E-state index contributed by atoms with van der Waals surface area (Å²) in [5.41, 5.74) is 0.982. The molecule has 4 atom stereocenters. The van der Waals surface area contributed by atoms with E-state index in [0.29, 0.717) is 30.2 Å². The van der Waals surface area contributed by atoms with Crippen LogP contribution in [0.15, 0.2) is 48.7 Å². The Hall–Kier alpha value is -2.43. The van der Waals surface area contributed by atoms with E-state index in [1.165, 1.54) is 6.07 Å². The van der Waals surface area contributed by atoms with Crippen LogP contribution in [0.2, 0.25) is 0 Å². The fraction of sp³-hybridized carbons (Fsp3) is 0.478. The summed E-state index contributed by atoms with van der Waals surface area (Å²) in [5, 5.41) is 0. The lowest BCUT2D eigenvalue weighted by Crippen LogP contribution is -2.65. The first-order valence-corrected chi connectivity index (χ1v) is 10.4. The smallest absolute Gasteiger partial charge is 0.223 e. The van der Waals surface area contributed by atoms with Crippen LogP contribution in [0.25, 0.3) is 0 Å². The summed E-state index contributed by atoms with van der Waals surface area (Å²) in [4.78, 5) is 22.1. The molecule has 0 aliphatic carbocycles. The fourth-order valence-electron chi connectivity index (χ4n) is 5.67. The quantitative estimate of drug-likeness (QED) is 0.816. The molecule has 3 aliphatic heterocycles. The van der Waals surface area contributed by atoms with Crippen LogP contribution in [-0.2, 0) is 11.2 Å². The van der Waals surface area contributed by atoms with Crippen LogP contribution < -0.4 is 4.90 Å². The molecule has 2 aromatic rings. The molecule has 1 aromatic carbocycles. The Morgan fingerprint density at radius 1 is 1.11 bits per heavy atom. The van der Waals surface area contributed by atoms with Crippen molar-refractivity contribution in [1.29, 1.82) is 0 Å². The van der Waals surface area contributed by atoms with Crippen LogP contribution in [0.5, 0.6) is 0 Å². The number of hydrogen-bond donors (Lipinski definition) is 0. The van der Waals surface area contributed by atoms with Crippen molar-refractivity contribution in [3.05, 3.63) is 60.0 Å². The number of pyridine rings is 1. The molecule has 4 heterocycles. The zero-order valence-corrected chi connectivity index (χ0v) is 16.0. The second-order valence-corrected chi connectivity index (χ2v) is 8.51. The number of carbonyl (C=O) groups excluding carboxylic acids is 1. The first-order chi connectivity index (χ1) is 13.7. The van der Waals surface area contributed by atoms with Crippen molar-refractivity contribution in [2.24, 2.45) is 11.8 Å². The largest absolute Gasteiger partial charge is 0.356 e.